The second-order valence-corrected chi connectivity index (χ2v) is 6.58. The normalized spacial score (nSPS) is 12.5. The summed E-state index contributed by atoms with van der Waals surface area (Å²) in [6, 6.07) is 0. The van der Waals surface area contributed by atoms with E-state index < -0.39 is 29.0 Å². The van der Waals surface area contributed by atoms with Gasteiger partial charge >= 0.3 is 20.2 Å². The fraction of sp³-hybridized carbons (Fsp3) is 0.667. The van der Waals surface area contributed by atoms with E-state index in [1.165, 1.54) is 13.8 Å². The van der Waals surface area contributed by atoms with E-state index in [-0.39, 0.29) is 13.2 Å². The maximum atomic E-state index is 11.4. The van der Waals surface area contributed by atoms with E-state index in [0.29, 0.717) is 0 Å². The molecular weight excluding hydrogens is 303 g/mol. The average molecular weight is 313 g/mol. The van der Waals surface area contributed by atoms with E-state index in [0.717, 1.165) is 0 Å². The highest BCUT2D eigenvalue weighted by molar-refractivity contribution is 8.10. The molecule has 0 spiro atoms. The minimum Gasteiger partial charge on any atom is -0.266 e. The van der Waals surface area contributed by atoms with Gasteiger partial charge in [-0.1, -0.05) is 23.2 Å². The van der Waals surface area contributed by atoms with Gasteiger partial charge in [-0.25, -0.2) is 0 Å². The summed E-state index contributed by atoms with van der Waals surface area (Å²) in [4.78, 5) is 0. The third-order valence-corrected chi connectivity index (χ3v) is 5.61. The molecule has 0 N–H and O–H groups in total. The lowest BCUT2D eigenvalue weighted by atomic mass is 10.9. The molecule has 0 fully saturated rings. The Morgan fingerprint density at radius 3 is 1.44 bits per heavy atom. The van der Waals surface area contributed by atoms with E-state index in [1.54, 1.807) is 0 Å². The Balaban J connectivity index is 5.67. The van der Waals surface area contributed by atoms with E-state index in [2.05, 4.69) is 8.37 Å². The van der Waals surface area contributed by atoms with Crippen LogP contribution < -0.4 is 0 Å². The minimum absolute atomic E-state index is 0.255. The van der Waals surface area contributed by atoms with Crippen LogP contribution >= 0.6 is 23.2 Å². The van der Waals surface area contributed by atoms with Gasteiger partial charge in [0.15, 0.2) is 0 Å². The van der Waals surface area contributed by atoms with Gasteiger partial charge in [-0.05, 0) is 13.8 Å². The molecule has 0 aliphatic rings. The van der Waals surface area contributed by atoms with E-state index in [9.17, 15) is 16.8 Å². The van der Waals surface area contributed by atoms with Crippen molar-refractivity contribution in [2.45, 2.75) is 13.8 Å². The van der Waals surface area contributed by atoms with Crippen molar-refractivity contribution >= 4 is 43.4 Å². The second-order valence-electron chi connectivity index (χ2n) is 2.27. The topological polar surface area (TPSA) is 86.7 Å². The smallest absolute Gasteiger partial charge is 0.266 e. The molecule has 0 aromatic carbocycles. The fourth-order valence-corrected chi connectivity index (χ4v) is 4.37. The standard InChI is InChI=1S/C6H10Cl2O6S2/c1-3-13-15(9,10)6(5(7)8)16(11,12)14-4-2/h3-4H2,1-2H3. The summed E-state index contributed by atoms with van der Waals surface area (Å²) < 4.78 is 51.8. The molecule has 6 nitrogen and oxygen atoms in total. The molecule has 0 aliphatic heterocycles. The second kappa shape index (κ2) is 6.18. The van der Waals surface area contributed by atoms with Crippen LogP contribution in [0.3, 0.4) is 0 Å². The Hall–Kier alpha value is 0.140. The number of halogens is 2. The Bertz CT molecular complexity index is 421. The molecule has 0 aliphatic carbocycles. The molecule has 0 unspecified atom stereocenters. The quantitative estimate of drug-likeness (QED) is 0.687. The van der Waals surface area contributed by atoms with Gasteiger partial charge < -0.3 is 0 Å². The van der Waals surface area contributed by atoms with Crippen LogP contribution in [0.2, 0.25) is 0 Å². The Kier molecular flexibility index (Phi) is 6.23. The molecule has 0 atom stereocenters. The maximum absolute atomic E-state index is 11.4. The average Bonchev–Trinajstić information content (AvgIpc) is 1.99. The third kappa shape index (κ3) is 4.19. The number of rotatable bonds is 6. The van der Waals surface area contributed by atoms with Gasteiger partial charge in [-0.2, -0.15) is 16.8 Å². The lowest BCUT2D eigenvalue weighted by Crippen LogP contribution is -2.19. The summed E-state index contributed by atoms with van der Waals surface area (Å²) in [5, 5.41) is 0. The molecule has 16 heavy (non-hydrogen) atoms. The van der Waals surface area contributed by atoms with Crippen molar-refractivity contribution in [2.75, 3.05) is 13.2 Å². The molecule has 96 valence electrons. The van der Waals surface area contributed by atoms with Crippen molar-refractivity contribution in [3.8, 4) is 0 Å². The van der Waals surface area contributed by atoms with Gasteiger partial charge in [-0.15, -0.1) is 0 Å². The first-order valence-electron chi connectivity index (χ1n) is 4.03. The van der Waals surface area contributed by atoms with Gasteiger partial charge in [-0.3, -0.25) is 8.37 Å². The third-order valence-electron chi connectivity index (χ3n) is 1.15. The summed E-state index contributed by atoms with van der Waals surface area (Å²) in [6.45, 7) is 2.22. The first kappa shape index (κ1) is 16.1. The van der Waals surface area contributed by atoms with Crippen LogP contribution in [0, 0.1) is 0 Å². The van der Waals surface area contributed by atoms with Crippen molar-refractivity contribution in [2.24, 2.45) is 0 Å². The lowest BCUT2D eigenvalue weighted by molar-refractivity contribution is 0.335. The molecule has 0 amide bonds. The molecule has 0 saturated heterocycles. The molecule has 0 radical (unpaired) electrons. The fourth-order valence-electron chi connectivity index (χ4n) is 0.731. The number of hydrogen-bond donors (Lipinski definition) is 0. The highest BCUT2D eigenvalue weighted by Crippen LogP contribution is 2.27. The molecule has 0 rings (SSSR count). The Morgan fingerprint density at radius 2 is 1.25 bits per heavy atom. The predicted octanol–water partition coefficient (Wildman–Crippen LogP) is 1.32. The monoisotopic (exact) mass is 312 g/mol. The van der Waals surface area contributed by atoms with Crippen LogP contribution in [0.5, 0.6) is 0 Å². The van der Waals surface area contributed by atoms with Crippen LogP contribution in [0.4, 0.5) is 0 Å². The maximum Gasteiger partial charge on any atom is 0.313 e. The zero-order valence-corrected chi connectivity index (χ0v) is 11.6. The van der Waals surface area contributed by atoms with Crippen LogP contribution in [0.1, 0.15) is 13.8 Å². The van der Waals surface area contributed by atoms with Gasteiger partial charge in [0.2, 0.25) is 4.24 Å². The highest BCUT2D eigenvalue weighted by atomic mass is 35.5. The number of hydrogen-bond acceptors (Lipinski definition) is 6. The van der Waals surface area contributed by atoms with E-state index in [1.807, 2.05) is 0 Å². The van der Waals surface area contributed by atoms with Crippen LogP contribution in [-0.4, -0.2) is 30.0 Å². The largest absolute Gasteiger partial charge is 0.313 e. The van der Waals surface area contributed by atoms with E-state index in [4.69, 9.17) is 23.2 Å². The van der Waals surface area contributed by atoms with Gasteiger partial charge in [0.25, 0.3) is 0 Å². The van der Waals surface area contributed by atoms with Crippen LogP contribution in [-0.2, 0) is 28.6 Å². The van der Waals surface area contributed by atoms with Crippen LogP contribution in [0.25, 0.3) is 0 Å². The van der Waals surface area contributed by atoms with Crippen molar-refractivity contribution in [3.05, 3.63) is 8.73 Å². The van der Waals surface area contributed by atoms with Gasteiger partial charge in [0, 0.05) is 0 Å². The first-order valence-corrected chi connectivity index (χ1v) is 7.60. The first-order chi connectivity index (χ1) is 7.19. The van der Waals surface area contributed by atoms with Crippen molar-refractivity contribution in [1.29, 1.82) is 0 Å². The summed E-state index contributed by atoms with van der Waals surface area (Å²) in [5.74, 6) is 0. The zero-order valence-electron chi connectivity index (χ0n) is 8.44. The van der Waals surface area contributed by atoms with Crippen molar-refractivity contribution < 1.29 is 25.2 Å². The Labute approximate surface area is 104 Å². The summed E-state index contributed by atoms with van der Waals surface area (Å²) in [6.07, 6.45) is 0. The molecular formula is C6H10Cl2O6S2. The highest BCUT2D eigenvalue weighted by Gasteiger charge is 2.35. The van der Waals surface area contributed by atoms with Crippen LogP contribution in [0.15, 0.2) is 8.73 Å². The molecule has 0 saturated carbocycles. The summed E-state index contributed by atoms with van der Waals surface area (Å²) in [5.41, 5.74) is 0. The summed E-state index contributed by atoms with van der Waals surface area (Å²) in [7, 11) is -9.10. The molecule has 0 aromatic rings. The summed E-state index contributed by atoms with van der Waals surface area (Å²) >= 11 is 10.4. The van der Waals surface area contributed by atoms with E-state index >= 15 is 0 Å². The van der Waals surface area contributed by atoms with Crippen molar-refractivity contribution in [1.82, 2.24) is 0 Å². The molecule has 10 heteroatoms. The van der Waals surface area contributed by atoms with Gasteiger partial charge in [0.05, 0.1) is 13.2 Å². The lowest BCUT2D eigenvalue weighted by Gasteiger charge is -2.08. The Morgan fingerprint density at radius 1 is 0.938 bits per heavy atom. The molecule has 0 heterocycles. The van der Waals surface area contributed by atoms with Crippen molar-refractivity contribution in [3.63, 3.8) is 0 Å². The predicted molar refractivity (Wildman–Crippen MR) is 59.8 cm³/mol. The molecule has 0 aromatic heterocycles. The SMILES string of the molecule is CCOS(=O)(=O)C(=C(Cl)Cl)S(=O)(=O)OCC. The zero-order chi connectivity index (χ0) is 13.0. The molecule has 0 bridgehead atoms. The minimum atomic E-state index is -4.55. The van der Waals surface area contributed by atoms with Gasteiger partial charge in [0.1, 0.15) is 4.49 Å².